The molecule has 0 spiro atoms. The average Bonchev–Trinajstić information content (AvgIpc) is 2.55. The molecule has 1 aliphatic heterocycles. The predicted octanol–water partition coefficient (Wildman–Crippen LogP) is 4.13. The molecule has 96 valence electrons. The quantitative estimate of drug-likeness (QED) is 0.786. The first-order chi connectivity index (χ1) is 9.15. The Morgan fingerprint density at radius 2 is 2.00 bits per heavy atom. The number of halogens is 1. The highest BCUT2D eigenvalue weighted by Crippen LogP contribution is 2.40. The molecule has 0 aliphatic carbocycles. The van der Waals surface area contributed by atoms with Crippen molar-refractivity contribution in [2.75, 3.05) is 4.90 Å². The van der Waals surface area contributed by atoms with Crippen molar-refractivity contribution >= 4 is 23.4 Å². The van der Waals surface area contributed by atoms with E-state index in [1.54, 1.807) is 18.2 Å². The number of benzene rings is 2. The molecule has 1 amide bonds. The number of hydrogen-bond donors (Lipinski definition) is 1. The van der Waals surface area contributed by atoms with Gasteiger partial charge in [-0.3, -0.25) is 4.90 Å². The summed E-state index contributed by atoms with van der Waals surface area (Å²) in [6, 6.07) is 12.3. The SMILES string of the molecule is O=C(O)N1Cc2ccccc2Oc2ccc(Cl)cc21. The highest BCUT2D eigenvalue weighted by atomic mass is 35.5. The first-order valence-corrected chi connectivity index (χ1v) is 6.09. The zero-order valence-corrected chi connectivity index (χ0v) is 10.6. The Hall–Kier alpha value is -2.20. The maximum Gasteiger partial charge on any atom is 0.412 e. The number of carboxylic acid groups (broad SMARTS) is 1. The number of rotatable bonds is 0. The van der Waals surface area contributed by atoms with E-state index >= 15 is 0 Å². The molecule has 0 bridgehead atoms. The van der Waals surface area contributed by atoms with Crippen LogP contribution in [-0.2, 0) is 6.54 Å². The summed E-state index contributed by atoms with van der Waals surface area (Å²) in [5.74, 6) is 1.14. The summed E-state index contributed by atoms with van der Waals surface area (Å²) < 4.78 is 5.77. The van der Waals surface area contributed by atoms with Gasteiger partial charge in [-0.1, -0.05) is 29.8 Å². The maximum absolute atomic E-state index is 11.4. The van der Waals surface area contributed by atoms with Crippen molar-refractivity contribution in [1.29, 1.82) is 0 Å². The highest BCUT2D eigenvalue weighted by molar-refractivity contribution is 6.31. The molecule has 0 aromatic heterocycles. The predicted molar refractivity (Wildman–Crippen MR) is 72.2 cm³/mol. The van der Waals surface area contributed by atoms with E-state index in [-0.39, 0.29) is 6.54 Å². The Morgan fingerprint density at radius 3 is 2.79 bits per heavy atom. The van der Waals surface area contributed by atoms with Crippen molar-refractivity contribution in [1.82, 2.24) is 0 Å². The fourth-order valence-corrected chi connectivity index (χ4v) is 2.23. The Bertz CT molecular complexity index is 657. The van der Waals surface area contributed by atoms with Gasteiger partial charge in [0.05, 0.1) is 12.2 Å². The van der Waals surface area contributed by atoms with Crippen molar-refractivity contribution in [3.05, 3.63) is 53.1 Å². The summed E-state index contributed by atoms with van der Waals surface area (Å²) in [6.07, 6.45) is -1.04. The first-order valence-electron chi connectivity index (χ1n) is 5.71. The summed E-state index contributed by atoms with van der Waals surface area (Å²) in [6.45, 7) is 0.235. The van der Waals surface area contributed by atoms with Gasteiger partial charge < -0.3 is 9.84 Å². The smallest absolute Gasteiger partial charge is 0.412 e. The molecule has 1 N–H and O–H groups in total. The molecule has 1 aliphatic rings. The van der Waals surface area contributed by atoms with E-state index in [9.17, 15) is 9.90 Å². The number of amides is 1. The molecule has 2 aromatic carbocycles. The highest BCUT2D eigenvalue weighted by Gasteiger charge is 2.24. The fraction of sp³-hybridized carbons (Fsp3) is 0.0714. The lowest BCUT2D eigenvalue weighted by molar-refractivity contribution is 0.201. The molecule has 19 heavy (non-hydrogen) atoms. The van der Waals surface area contributed by atoms with Crippen molar-refractivity contribution in [3.63, 3.8) is 0 Å². The Morgan fingerprint density at radius 1 is 1.21 bits per heavy atom. The second-order valence-electron chi connectivity index (χ2n) is 4.19. The third-order valence-electron chi connectivity index (χ3n) is 2.96. The zero-order chi connectivity index (χ0) is 13.4. The topological polar surface area (TPSA) is 49.8 Å². The van der Waals surface area contributed by atoms with Crippen LogP contribution in [0.5, 0.6) is 11.5 Å². The average molecular weight is 276 g/mol. The van der Waals surface area contributed by atoms with Crippen LogP contribution in [0.1, 0.15) is 5.56 Å². The molecule has 4 nitrogen and oxygen atoms in total. The third kappa shape index (κ3) is 2.11. The van der Waals surface area contributed by atoms with E-state index in [1.807, 2.05) is 24.3 Å². The first kappa shape index (κ1) is 11.9. The second kappa shape index (κ2) is 4.48. The van der Waals surface area contributed by atoms with Crippen LogP contribution in [0, 0.1) is 0 Å². The van der Waals surface area contributed by atoms with Gasteiger partial charge in [-0.05, 0) is 24.3 Å². The van der Waals surface area contributed by atoms with E-state index < -0.39 is 6.09 Å². The summed E-state index contributed by atoms with van der Waals surface area (Å²) in [5, 5.41) is 9.83. The molecule has 0 unspecified atom stereocenters. The van der Waals surface area contributed by atoms with Gasteiger partial charge in [0, 0.05) is 10.6 Å². The van der Waals surface area contributed by atoms with E-state index in [2.05, 4.69) is 0 Å². The van der Waals surface area contributed by atoms with Crippen molar-refractivity contribution in [2.45, 2.75) is 6.54 Å². The largest absolute Gasteiger partial charge is 0.465 e. The Labute approximate surface area is 114 Å². The summed E-state index contributed by atoms with van der Waals surface area (Å²) in [7, 11) is 0. The number of fused-ring (bicyclic) bond motifs is 2. The van der Waals surface area contributed by atoms with Crippen LogP contribution in [-0.4, -0.2) is 11.2 Å². The summed E-state index contributed by atoms with van der Waals surface area (Å²) >= 11 is 5.94. The molecule has 0 radical (unpaired) electrons. The Balaban J connectivity index is 2.18. The van der Waals surface area contributed by atoms with Gasteiger partial charge in [0.25, 0.3) is 0 Å². The van der Waals surface area contributed by atoms with Crippen LogP contribution in [0.3, 0.4) is 0 Å². The fourth-order valence-electron chi connectivity index (χ4n) is 2.07. The molecule has 0 saturated heterocycles. The van der Waals surface area contributed by atoms with Crippen molar-refractivity contribution in [3.8, 4) is 11.5 Å². The molecule has 2 aromatic rings. The van der Waals surface area contributed by atoms with Gasteiger partial charge in [0.2, 0.25) is 0 Å². The third-order valence-corrected chi connectivity index (χ3v) is 3.20. The standard InChI is InChI=1S/C14H10ClNO3/c15-10-5-6-13-11(7-10)16(14(17)18)8-9-3-1-2-4-12(9)19-13/h1-7H,8H2,(H,17,18). The number of carbonyl (C=O) groups is 1. The lowest BCUT2D eigenvalue weighted by Crippen LogP contribution is -2.27. The van der Waals surface area contributed by atoms with Gasteiger partial charge in [0.1, 0.15) is 5.75 Å². The zero-order valence-electron chi connectivity index (χ0n) is 9.84. The molecule has 5 heteroatoms. The molecule has 1 heterocycles. The van der Waals surface area contributed by atoms with E-state index in [0.29, 0.717) is 22.2 Å². The molecule has 0 atom stereocenters. The number of nitrogens with zero attached hydrogens (tertiary/aromatic N) is 1. The molecule has 0 fully saturated rings. The minimum atomic E-state index is -1.04. The van der Waals surface area contributed by atoms with Crippen LogP contribution in [0.25, 0.3) is 0 Å². The van der Waals surface area contributed by atoms with Crippen LogP contribution in [0.4, 0.5) is 10.5 Å². The van der Waals surface area contributed by atoms with Crippen LogP contribution < -0.4 is 9.64 Å². The summed E-state index contributed by atoms with van der Waals surface area (Å²) in [4.78, 5) is 12.6. The van der Waals surface area contributed by atoms with Gasteiger partial charge >= 0.3 is 6.09 Å². The molecule has 3 rings (SSSR count). The normalized spacial score (nSPS) is 13.0. The summed E-state index contributed by atoms with van der Waals surface area (Å²) in [5.41, 5.74) is 1.27. The maximum atomic E-state index is 11.4. The Kier molecular flexibility index (Phi) is 2.80. The number of ether oxygens (including phenoxy) is 1. The lowest BCUT2D eigenvalue weighted by Gasteiger charge is -2.18. The van der Waals surface area contributed by atoms with Crippen molar-refractivity contribution < 1.29 is 14.6 Å². The van der Waals surface area contributed by atoms with Crippen LogP contribution in [0.15, 0.2) is 42.5 Å². The van der Waals surface area contributed by atoms with E-state index in [1.165, 1.54) is 4.90 Å². The second-order valence-corrected chi connectivity index (χ2v) is 4.63. The lowest BCUT2D eigenvalue weighted by atomic mass is 10.2. The van der Waals surface area contributed by atoms with Crippen LogP contribution >= 0.6 is 11.6 Å². The monoisotopic (exact) mass is 275 g/mol. The van der Waals surface area contributed by atoms with Gasteiger partial charge in [-0.15, -0.1) is 0 Å². The minimum absolute atomic E-state index is 0.235. The molecular weight excluding hydrogens is 266 g/mol. The van der Waals surface area contributed by atoms with Gasteiger partial charge in [-0.25, -0.2) is 4.79 Å². The molecule has 0 saturated carbocycles. The van der Waals surface area contributed by atoms with E-state index in [0.717, 1.165) is 5.56 Å². The number of anilines is 1. The van der Waals surface area contributed by atoms with E-state index in [4.69, 9.17) is 16.3 Å². The molecular formula is C14H10ClNO3. The van der Waals surface area contributed by atoms with Crippen LogP contribution in [0.2, 0.25) is 5.02 Å². The van der Waals surface area contributed by atoms with Crippen molar-refractivity contribution in [2.24, 2.45) is 0 Å². The number of hydrogen-bond acceptors (Lipinski definition) is 2. The minimum Gasteiger partial charge on any atom is -0.465 e. The van der Waals surface area contributed by atoms with Gasteiger partial charge in [0.15, 0.2) is 5.75 Å². The van der Waals surface area contributed by atoms with Gasteiger partial charge in [-0.2, -0.15) is 0 Å². The number of para-hydroxylation sites is 1.